The van der Waals surface area contributed by atoms with Crippen LogP contribution in [-0.2, 0) is 0 Å². The van der Waals surface area contributed by atoms with Crippen LogP contribution in [0.3, 0.4) is 0 Å². The Labute approximate surface area is 70.7 Å². The number of halogens is 2. The standard InChI is InChI=1S/C7H6ClFO.CH4/c1-10-6-4-2-3-5(8)7(6)9;/h2-4H,1H3;1H4. The molecule has 0 saturated heterocycles. The van der Waals surface area contributed by atoms with Crippen molar-refractivity contribution in [2.24, 2.45) is 0 Å². The molecule has 1 nitrogen and oxygen atoms in total. The van der Waals surface area contributed by atoms with Crippen molar-refractivity contribution < 1.29 is 9.13 Å². The van der Waals surface area contributed by atoms with Gasteiger partial charge in [0.2, 0.25) is 0 Å². The molecule has 62 valence electrons. The van der Waals surface area contributed by atoms with Gasteiger partial charge < -0.3 is 4.74 Å². The number of ether oxygens (including phenoxy) is 1. The van der Waals surface area contributed by atoms with Crippen LogP contribution in [0.1, 0.15) is 7.43 Å². The summed E-state index contributed by atoms with van der Waals surface area (Å²) in [7, 11) is 1.40. The summed E-state index contributed by atoms with van der Waals surface area (Å²) in [5, 5.41) is 0.0827. The third-order valence-electron chi connectivity index (χ3n) is 1.14. The summed E-state index contributed by atoms with van der Waals surface area (Å²) in [6, 6.07) is 4.62. The third kappa shape index (κ3) is 2.09. The lowest BCUT2D eigenvalue weighted by Gasteiger charge is -2.00. The van der Waals surface area contributed by atoms with Crippen molar-refractivity contribution in [2.75, 3.05) is 7.11 Å². The Morgan fingerprint density at radius 1 is 1.45 bits per heavy atom. The molecule has 0 amide bonds. The molecule has 0 radical (unpaired) electrons. The largest absolute Gasteiger partial charge is 0.494 e. The van der Waals surface area contributed by atoms with Gasteiger partial charge in [-0.3, -0.25) is 0 Å². The number of rotatable bonds is 1. The monoisotopic (exact) mass is 176 g/mol. The molecular formula is C8H10ClFO. The van der Waals surface area contributed by atoms with Crippen LogP contribution < -0.4 is 4.74 Å². The SMILES string of the molecule is C.COc1cccc(Cl)c1F. The maximum absolute atomic E-state index is 12.7. The highest BCUT2D eigenvalue weighted by Crippen LogP contribution is 2.23. The highest BCUT2D eigenvalue weighted by Gasteiger charge is 2.03. The molecule has 0 heterocycles. The lowest BCUT2D eigenvalue weighted by molar-refractivity contribution is 0.386. The average Bonchev–Trinajstić information content (AvgIpc) is 1.95. The Bertz CT molecular complexity index is 238. The Morgan fingerprint density at radius 3 is 2.55 bits per heavy atom. The fourth-order valence-corrected chi connectivity index (χ4v) is 0.808. The molecule has 1 aromatic carbocycles. The Kier molecular flexibility index (Phi) is 3.90. The van der Waals surface area contributed by atoms with Gasteiger partial charge in [0.05, 0.1) is 12.1 Å². The van der Waals surface area contributed by atoms with Crippen molar-refractivity contribution in [3.63, 3.8) is 0 Å². The van der Waals surface area contributed by atoms with Gasteiger partial charge in [0, 0.05) is 0 Å². The second kappa shape index (κ2) is 4.19. The zero-order valence-corrected chi connectivity index (χ0v) is 6.15. The number of benzene rings is 1. The molecular weight excluding hydrogens is 167 g/mol. The van der Waals surface area contributed by atoms with E-state index in [-0.39, 0.29) is 18.2 Å². The van der Waals surface area contributed by atoms with Crippen molar-refractivity contribution in [3.05, 3.63) is 29.0 Å². The van der Waals surface area contributed by atoms with Gasteiger partial charge in [0.15, 0.2) is 11.6 Å². The molecule has 0 aromatic heterocycles. The van der Waals surface area contributed by atoms with Crippen LogP contribution in [0.2, 0.25) is 5.02 Å². The van der Waals surface area contributed by atoms with Crippen LogP contribution in [0.4, 0.5) is 4.39 Å². The summed E-state index contributed by atoms with van der Waals surface area (Å²) in [5.74, 6) is -0.334. The van der Waals surface area contributed by atoms with E-state index in [0.29, 0.717) is 0 Å². The van der Waals surface area contributed by atoms with Crippen LogP contribution in [0.5, 0.6) is 5.75 Å². The summed E-state index contributed by atoms with van der Waals surface area (Å²) in [4.78, 5) is 0. The minimum Gasteiger partial charge on any atom is -0.494 e. The van der Waals surface area contributed by atoms with Crippen LogP contribution in [-0.4, -0.2) is 7.11 Å². The van der Waals surface area contributed by atoms with Gasteiger partial charge in [-0.25, -0.2) is 4.39 Å². The average molecular weight is 177 g/mol. The van der Waals surface area contributed by atoms with Gasteiger partial charge in [-0.05, 0) is 12.1 Å². The fraction of sp³-hybridized carbons (Fsp3) is 0.250. The molecule has 0 N–H and O–H groups in total. The van der Waals surface area contributed by atoms with Gasteiger partial charge in [0.1, 0.15) is 0 Å². The van der Waals surface area contributed by atoms with Crippen LogP contribution in [0, 0.1) is 5.82 Å². The first-order valence-electron chi connectivity index (χ1n) is 2.73. The van der Waals surface area contributed by atoms with E-state index in [0.717, 1.165) is 0 Å². The van der Waals surface area contributed by atoms with Gasteiger partial charge in [-0.2, -0.15) is 0 Å². The van der Waals surface area contributed by atoms with Crippen LogP contribution in [0.25, 0.3) is 0 Å². The van der Waals surface area contributed by atoms with E-state index in [1.54, 1.807) is 6.07 Å². The van der Waals surface area contributed by atoms with E-state index in [1.807, 2.05) is 0 Å². The molecule has 0 spiro atoms. The van der Waals surface area contributed by atoms with Crippen molar-refractivity contribution >= 4 is 11.6 Å². The molecule has 0 aliphatic rings. The zero-order valence-electron chi connectivity index (χ0n) is 5.40. The Balaban J connectivity index is 0.000001000. The molecule has 0 aliphatic heterocycles. The molecule has 3 heteroatoms. The summed E-state index contributed by atoms with van der Waals surface area (Å²) in [6.07, 6.45) is 0. The summed E-state index contributed by atoms with van der Waals surface area (Å²) < 4.78 is 17.4. The molecule has 0 unspecified atom stereocenters. The fourth-order valence-electron chi connectivity index (χ4n) is 0.642. The minimum absolute atomic E-state index is 0. The molecule has 1 rings (SSSR count). The smallest absolute Gasteiger partial charge is 0.183 e. The van der Waals surface area contributed by atoms with Crippen molar-refractivity contribution in [1.82, 2.24) is 0 Å². The first-order chi connectivity index (χ1) is 4.75. The molecule has 0 saturated carbocycles. The van der Waals surface area contributed by atoms with Crippen LogP contribution >= 0.6 is 11.6 Å². The van der Waals surface area contributed by atoms with Crippen LogP contribution in [0.15, 0.2) is 18.2 Å². The summed E-state index contributed by atoms with van der Waals surface area (Å²) >= 11 is 5.44. The highest BCUT2D eigenvalue weighted by molar-refractivity contribution is 6.30. The van der Waals surface area contributed by atoms with Gasteiger partial charge in [0.25, 0.3) is 0 Å². The van der Waals surface area contributed by atoms with E-state index in [1.165, 1.54) is 19.2 Å². The third-order valence-corrected chi connectivity index (χ3v) is 1.43. The van der Waals surface area contributed by atoms with E-state index in [2.05, 4.69) is 4.74 Å². The number of hydrogen-bond acceptors (Lipinski definition) is 1. The zero-order chi connectivity index (χ0) is 7.56. The van der Waals surface area contributed by atoms with E-state index in [4.69, 9.17) is 11.6 Å². The van der Waals surface area contributed by atoms with Crippen molar-refractivity contribution in [2.45, 2.75) is 7.43 Å². The maximum Gasteiger partial charge on any atom is 0.183 e. The highest BCUT2D eigenvalue weighted by atomic mass is 35.5. The van der Waals surface area contributed by atoms with Gasteiger partial charge >= 0.3 is 0 Å². The van der Waals surface area contributed by atoms with Gasteiger partial charge in [-0.15, -0.1) is 0 Å². The molecule has 0 fully saturated rings. The molecule has 11 heavy (non-hydrogen) atoms. The predicted octanol–water partition coefficient (Wildman–Crippen LogP) is 3.12. The second-order valence-corrected chi connectivity index (χ2v) is 2.16. The molecule has 1 aromatic rings. The topological polar surface area (TPSA) is 9.23 Å². The van der Waals surface area contributed by atoms with E-state index >= 15 is 0 Å². The maximum atomic E-state index is 12.7. The second-order valence-electron chi connectivity index (χ2n) is 1.76. The summed E-state index contributed by atoms with van der Waals surface area (Å²) in [5.41, 5.74) is 0. The normalized spacial score (nSPS) is 8.64. The van der Waals surface area contributed by atoms with Crippen molar-refractivity contribution in [3.8, 4) is 5.75 Å². The minimum atomic E-state index is -0.508. The van der Waals surface area contributed by atoms with E-state index < -0.39 is 5.82 Å². The quantitative estimate of drug-likeness (QED) is 0.639. The Hall–Kier alpha value is -0.760. The van der Waals surface area contributed by atoms with Gasteiger partial charge in [-0.1, -0.05) is 25.1 Å². The lowest BCUT2D eigenvalue weighted by Crippen LogP contribution is -1.87. The Morgan fingerprint density at radius 2 is 2.09 bits per heavy atom. The predicted molar refractivity (Wildman–Crippen MR) is 44.7 cm³/mol. The lowest BCUT2D eigenvalue weighted by atomic mass is 10.3. The van der Waals surface area contributed by atoms with E-state index in [9.17, 15) is 4.39 Å². The molecule has 0 bridgehead atoms. The first kappa shape index (κ1) is 10.2. The number of methoxy groups -OCH3 is 1. The first-order valence-corrected chi connectivity index (χ1v) is 3.11. The molecule has 0 aliphatic carbocycles. The van der Waals surface area contributed by atoms with Crippen molar-refractivity contribution in [1.29, 1.82) is 0 Å². The number of hydrogen-bond donors (Lipinski definition) is 0. The summed E-state index contributed by atoms with van der Waals surface area (Å²) in [6.45, 7) is 0. The molecule has 0 atom stereocenters.